The predicted octanol–water partition coefficient (Wildman–Crippen LogP) is 3.85. The van der Waals surface area contributed by atoms with Crippen LogP contribution >= 0.6 is 15.9 Å². The maximum absolute atomic E-state index is 5.84. The minimum atomic E-state index is 0.571. The molecule has 0 heterocycles. The van der Waals surface area contributed by atoms with Gasteiger partial charge in [0.15, 0.2) is 0 Å². The molecule has 3 heteroatoms. The second-order valence-electron chi connectivity index (χ2n) is 4.77. The molecule has 0 amide bonds. The number of nitrogens with zero attached hydrogens (tertiary/aromatic N) is 1. The summed E-state index contributed by atoms with van der Waals surface area (Å²) in [5.74, 6) is 0. The lowest BCUT2D eigenvalue weighted by Gasteiger charge is -2.24. The standard InChI is InChI=1S/C16H19BrN2/c1-12-4-3-5-14(10-18)16(12)19(2)11-13-6-8-15(17)9-7-13/h3-9H,10-11,18H2,1-2H3. The summed E-state index contributed by atoms with van der Waals surface area (Å²) in [6, 6.07) is 14.7. The van der Waals surface area contributed by atoms with Crippen molar-refractivity contribution in [1.29, 1.82) is 0 Å². The lowest BCUT2D eigenvalue weighted by Crippen LogP contribution is -2.20. The van der Waals surface area contributed by atoms with Crippen molar-refractivity contribution in [2.24, 2.45) is 5.73 Å². The zero-order valence-electron chi connectivity index (χ0n) is 11.4. The fourth-order valence-electron chi connectivity index (χ4n) is 2.37. The summed E-state index contributed by atoms with van der Waals surface area (Å²) in [6.45, 7) is 3.58. The van der Waals surface area contributed by atoms with Gasteiger partial charge in [-0.1, -0.05) is 46.3 Å². The highest BCUT2D eigenvalue weighted by Crippen LogP contribution is 2.25. The summed E-state index contributed by atoms with van der Waals surface area (Å²) in [4.78, 5) is 2.26. The van der Waals surface area contributed by atoms with Gasteiger partial charge in [0.1, 0.15) is 0 Å². The van der Waals surface area contributed by atoms with Crippen LogP contribution in [0.25, 0.3) is 0 Å². The van der Waals surface area contributed by atoms with E-state index in [-0.39, 0.29) is 0 Å². The van der Waals surface area contributed by atoms with Gasteiger partial charge in [0.2, 0.25) is 0 Å². The van der Waals surface area contributed by atoms with Gasteiger partial charge in [-0.15, -0.1) is 0 Å². The Bertz CT molecular complexity index is 549. The molecule has 0 atom stereocenters. The molecule has 2 aromatic carbocycles. The Morgan fingerprint density at radius 3 is 2.42 bits per heavy atom. The average molecular weight is 319 g/mol. The predicted molar refractivity (Wildman–Crippen MR) is 85.3 cm³/mol. The van der Waals surface area contributed by atoms with E-state index in [0.29, 0.717) is 6.54 Å². The number of benzene rings is 2. The van der Waals surface area contributed by atoms with E-state index in [9.17, 15) is 0 Å². The Hall–Kier alpha value is -1.32. The topological polar surface area (TPSA) is 29.3 Å². The van der Waals surface area contributed by atoms with Crippen LogP contribution < -0.4 is 10.6 Å². The molecule has 0 aliphatic carbocycles. The lowest BCUT2D eigenvalue weighted by molar-refractivity contribution is 0.897. The van der Waals surface area contributed by atoms with Gasteiger partial charge in [0, 0.05) is 30.3 Å². The van der Waals surface area contributed by atoms with Gasteiger partial charge in [0.25, 0.3) is 0 Å². The van der Waals surface area contributed by atoms with E-state index in [0.717, 1.165) is 11.0 Å². The van der Waals surface area contributed by atoms with E-state index in [1.54, 1.807) is 0 Å². The van der Waals surface area contributed by atoms with E-state index in [1.165, 1.54) is 22.4 Å². The quantitative estimate of drug-likeness (QED) is 0.927. The van der Waals surface area contributed by atoms with E-state index < -0.39 is 0 Å². The average Bonchev–Trinajstić information content (AvgIpc) is 2.40. The molecule has 2 nitrogen and oxygen atoms in total. The number of nitrogens with two attached hydrogens (primary N) is 1. The van der Waals surface area contributed by atoms with Crippen LogP contribution in [0.3, 0.4) is 0 Å². The molecular formula is C16H19BrN2. The number of rotatable bonds is 4. The molecule has 19 heavy (non-hydrogen) atoms. The Balaban J connectivity index is 2.24. The first kappa shape index (κ1) is 14.1. The maximum Gasteiger partial charge on any atom is 0.0441 e. The summed E-state index contributed by atoms with van der Waals surface area (Å²) in [5.41, 5.74) is 10.8. The lowest BCUT2D eigenvalue weighted by atomic mass is 10.1. The van der Waals surface area contributed by atoms with Crippen molar-refractivity contribution in [2.75, 3.05) is 11.9 Å². The van der Waals surface area contributed by atoms with Crippen LogP contribution in [0.5, 0.6) is 0 Å². The second kappa shape index (κ2) is 6.22. The van der Waals surface area contributed by atoms with Gasteiger partial charge in [0.05, 0.1) is 0 Å². The molecule has 0 radical (unpaired) electrons. The smallest absolute Gasteiger partial charge is 0.0441 e. The summed E-state index contributed by atoms with van der Waals surface area (Å²) in [5, 5.41) is 0. The van der Waals surface area contributed by atoms with Gasteiger partial charge >= 0.3 is 0 Å². The molecule has 0 aliphatic rings. The number of hydrogen-bond donors (Lipinski definition) is 1. The minimum absolute atomic E-state index is 0.571. The molecular weight excluding hydrogens is 300 g/mol. The normalized spacial score (nSPS) is 10.5. The fourth-order valence-corrected chi connectivity index (χ4v) is 2.64. The Labute approximate surface area is 123 Å². The summed E-state index contributed by atoms with van der Waals surface area (Å²) in [7, 11) is 2.11. The first-order valence-electron chi connectivity index (χ1n) is 6.36. The third-order valence-corrected chi connectivity index (χ3v) is 3.78. The van der Waals surface area contributed by atoms with E-state index in [2.05, 4.69) is 77.3 Å². The SMILES string of the molecule is Cc1cccc(CN)c1N(C)Cc1ccc(Br)cc1. The molecule has 0 saturated heterocycles. The highest BCUT2D eigenvalue weighted by Gasteiger charge is 2.09. The second-order valence-corrected chi connectivity index (χ2v) is 5.68. The summed E-state index contributed by atoms with van der Waals surface area (Å²) >= 11 is 3.46. The number of aryl methyl sites for hydroxylation is 1. The van der Waals surface area contributed by atoms with Gasteiger partial charge in [-0.25, -0.2) is 0 Å². The maximum atomic E-state index is 5.84. The molecule has 0 aromatic heterocycles. The number of halogens is 1. The largest absolute Gasteiger partial charge is 0.370 e. The third kappa shape index (κ3) is 3.37. The molecule has 0 bridgehead atoms. The van der Waals surface area contributed by atoms with Gasteiger partial charge < -0.3 is 10.6 Å². The molecule has 2 aromatic rings. The van der Waals surface area contributed by atoms with Crippen molar-refractivity contribution in [3.05, 3.63) is 63.6 Å². The van der Waals surface area contributed by atoms with E-state index in [4.69, 9.17) is 5.73 Å². The third-order valence-electron chi connectivity index (χ3n) is 3.26. The van der Waals surface area contributed by atoms with E-state index in [1.807, 2.05) is 0 Å². The molecule has 0 saturated carbocycles. The summed E-state index contributed by atoms with van der Waals surface area (Å²) < 4.78 is 1.11. The highest BCUT2D eigenvalue weighted by molar-refractivity contribution is 9.10. The van der Waals surface area contributed by atoms with Crippen LogP contribution in [0.2, 0.25) is 0 Å². The molecule has 100 valence electrons. The van der Waals surface area contributed by atoms with E-state index >= 15 is 0 Å². The van der Waals surface area contributed by atoms with Crippen LogP contribution in [0.1, 0.15) is 16.7 Å². The van der Waals surface area contributed by atoms with Crippen molar-refractivity contribution in [3.8, 4) is 0 Å². The first-order chi connectivity index (χ1) is 9.11. The van der Waals surface area contributed by atoms with Crippen molar-refractivity contribution in [1.82, 2.24) is 0 Å². The molecule has 2 N–H and O–H groups in total. The molecule has 0 spiro atoms. The van der Waals surface area contributed by atoms with Gasteiger partial charge in [-0.05, 0) is 35.7 Å². The van der Waals surface area contributed by atoms with Crippen LogP contribution in [-0.2, 0) is 13.1 Å². The number of anilines is 1. The van der Waals surface area contributed by atoms with Crippen LogP contribution in [0.15, 0.2) is 46.9 Å². The Kier molecular flexibility index (Phi) is 4.61. The molecule has 0 unspecified atom stereocenters. The van der Waals surface area contributed by atoms with Gasteiger partial charge in [-0.2, -0.15) is 0 Å². The highest BCUT2D eigenvalue weighted by atomic mass is 79.9. The van der Waals surface area contributed by atoms with Crippen LogP contribution in [0.4, 0.5) is 5.69 Å². The van der Waals surface area contributed by atoms with Crippen molar-refractivity contribution in [3.63, 3.8) is 0 Å². The first-order valence-corrected chi connectivity index (χ1v) is 7.15. The zero-order chi connectivity index (χ0) is 13.8. The zero-order valence-corrected chi connectivity index (χ0v) is 12.9. The minimum Gasteiger partial charge on any atom is -0.370 e. The molecule has 0 aliphatic heterocycles. The Morgan fingerprint density at radius 1 is 1.11 bits per heavy atom. The number of hydrogen-bond acceptors (Lipinski definition) is 2. The van der Waals surface area contributed by atoms with Gasteiger partial charge in [-0.3, -0.25) is 0 Å². The number of para-hydroxylation sites is 1. The fraction of sp³-hybridized carbons (Fsp3) is 0.250. The van der Waals surface area contributed by atoms with Crippen molar-refractivity contribution < 1.29 is 0 Å². The Morgan fingerprint density at radius 2 is 1.79 bits per heavy atom. The van der Waals surface area contributed by atoms with Crippen LogP contribution in [-0.4, -0.2) is 7.05 Å². The van der Waals surface area contributed by atoms with Crippen LogP contribution in [0, 0.1) is 6.92 Å². The van der Waals surface area contributed by atoms with Crippen molar-refractivity contribution >= 4 is 21.6 Å². The van der Waals surface area contributed by atoms with Crippen molar-refractivity contribution in [2.45, 2.75) is 20.0 Å². The molecule has 2 rings (SSSR count). The summed E-state index contributed by atoms with van der Waals surface area (Å²) in [6.07, 6.45) is 0. The monoisotopic (exact) mass is 318 g/mol. The molecule has 0 fully saturated rings.